The lowest BCUT2D eigenvalue weighted by atomic mass is 9.80. The SMILES string of the molecule is O=C(CCCCCCCCCCCCCCc1cccc(I)c1)C(O)C(=O)COC(c1ccccc1)(c1ccccc1)c1ccccc1. The van der Waals surface area contributed by atoms with Gasteiger partial charge in [-0.05, 0) is 76.2 Å². The monoisotopic (exact) mass is 758 g/mol. The summed E-state index contributed by atoms with van der Waals surface area (Å²) in [5.41, 5.74) is 2.96. The van der Waals surface area contributed by atoms with Gasteiger partial charge in [-0.1, -0.05) is 167 Å². The van der Waals surface area contributed by atoms with Crippen LogP contribution in [-0.4, -0.2) is 29.4 Å². The lowest BCUT2D eigenvalue weighted by Gasteiger charge is -2.35. The average Bonchev–Trinajstić information content (AvgIpc) is 3.13. The molecule has 0 aromatic heterocycles. The Hall–Kier alpha value is -3.13. The molecule has 4 rings (SSSR count). The van der Waals surface area contributed by atoms with E-state index in [4.69, 9.17) is 4.74 Å². The zero-order valence-corrected chi connectivity index (χ0v) is 30.4. The van der Waals surface area contributed by atoms with Gasteiger partial charge in [0.05, 0.1) is 0 Å². The second kappa shape index (κ2) is 21.1. The number of aliphatic hydroxyl groups is 1. The van der Waals surface area contributed by atoms with Crippen molar-refractivity contribution in [1.82, 2.24) is 0 Å². The number of hydrogen-bond acceptors (Lipinski definition) is 4. The fraction of sp³-hybridized carbons (Fsp3) is 0.395. The molecule has 0 saturated heterocycles. The first-order valence-electron chi connectivity index (χ1n) is 17.8. The van der Waals surface area contributed by atoms with Gasteiger partial charge < -0.3 is 9.84 Å². The molecule has 0 aliphatic heterocycles. The van der Waals surface area contributed by atoms with Gasteiger partial charge in [0.2, 0.25) is 0 Å². The molecule has 4 aromatic rings. The molecule has 0 saturated carbocycles. The predicted octanol–water partition coefficient (Wildman–Crippen LogP) is 10.4. The lowest BCUT2D eigenvalue weighted by molar-refractivity contribution is -0.143. The largest absolute Gasteiger partial charge is 0.377 e. The van der Waals surface area contributed by atoms with Gasteiger partial charge in [-0.3, -0.25) is 9.59 Å². The number of carbonyl (C=O) groups excluding carboxylic acids is 2. The summed E-state index contributed by atoms with van der Waals surface area (Å²) in [7, 11) is 0. The maximum absolute atomic E-state index is 13.1. The van der Waals surface area contributed by atoms with Crippen LogP contribution in [0.15, 0.2) is 115 Å². The summed E-state index contributed by atoms with van der Waals surface area (Å²) in [5, 5.41) is 10.7. The number of hydrogen-bond donors (Lipinski definition) is 1. The third-order valence-corrected chi connectivity index (χ3v) is 9.78. The molecule has 0 fully saturated rings. The average molecular weight is 759 g/mol. The first-order valence-corrected chi connectivity index (χ1v) is 18.9. The summed E-state index contributed by atoms with van der Waals surface area (Å²) < 4.78 is 7.82. The van der Waals surface area contributed by atoms with Crippen molar-refractivity contribution in [2.24, 2.45) is 0 Å². The van der Waals surface area contributed by atoms with Crippen molar-refractivity contribution in [3.8, 4) is 0 Å². The molecule has 0 radical (unpaired) electrons. The van der Waals surface area contributed by atoms with Crippen molar-refractivity contribution in [2.45, 2.75) is 102 Å². The van der Waals surface area contributed by atoms with Crippen LogP contribution in [0.2, 0.25) is 0 Å². The van der Waals surface area contributed by atoms with E-state index in [9.17, 15) is 14.7 Å². The normalized spacial score (nSPS) is 12.1. The molecular formula is C43H51IO4. The molecule has 0 aliphatic rings. The molecule has 1 N–H and O–H groups in total. The highest BCUT2D eigenvalue weighted by molar-refractivity contribution is 14.1. The van der Waals surface area contributed by atoms with Crippen molar-refractivity contribution in [3.05, 3.63) is 141 Å². The standard InChI is InChI=1S/C43H51IO4/c44-39-31-22-24-35(33-39)23-14-9-7-5-3-1-2-4-6-8-10-21-32-40(45)42(47)41(46)34-48-43(36-25-15-11-16-26-36,37-27-17-12-18-28-37)38-29-19-13-20-30-38/h11-13,15-20,22,24-31,33,42,47H,1-10,14,21,23,32,34H2. The van der Waals surface area contributed by atoms with E-state index >= 15 is 0 Å². The Morgan fingerprint density at radius 1 is 0.562 bits per heavy atom. The summed E-state index contributed by atoms with van der Waals surface area (Å²) >= 11 is 2.38. The minimum Gasteiger partial charge on any atom is -0.377 e. The highest BCUT2D eigenvalue weighted by Crippen LogP contribution is 2.40. The van der Waals surface area contributed by atoms with Crippen LogP contribution in [0.1, 0.15) is 106 Å². The summed E-state index contributed by atoms with van der Waals surface area (Å²) in [6.45, 7) is -0.390. The molecule has 0 aliphatic carbocycles. The molecule has 1 atom stereocenters. The quantitative estimate of drug-likeness (QED) is 0.0354. The van der Waals surface area contributed by atoms with Crippen molar-refractivity contribution in [2.75, 3.05) is 6.61 Å². The highest BCUT2D eigenvalue weighted by atomic mass is 127. The number of aryl methyl sites for hydroxylation is 1. The van der Waals surface area contributed by atoms with Crippen molar-refractivity contribution < 1.29 is 19.4 Å². The van der Waals surface area contributed by atoms with Gasteiger partial charge in [0.15, 0.2) is 17.7 Å². The van der Waals surface area contributed by atoms with Crippen LogP contribution in [0.4, 0.5) is 0 Å². The molecule has 4 aromatic carbocycles. The Morgan fingerprint density at radius 2 is 1.00 bits per heavy atom. The van der Waals surface area contributed by atoms with E-state index in [2.05, 4.69) is 46.9 Å². The molecule has 5 heteroatoms. The van der Waals surface area contributed by atoms with Crippen molar-refractivity contribution in [3.63, 3.8) is 0 Å². The van der Waals surface area contributed by atoms with Crippen LogP contribution in [-0.2, 0) is 26.3 Å². The van der Waals surface area contributed by atoms with Crippen molar-refractivity contribution in [1.29, 1.82) is 0 Å². The lowest BCUT2D eigenvalue weighted by Crippen LogP contribution is -2.39. The zero-order valence-electron chi connectivity index (χ0n) is 28.2. The topological polar surface area (TPSA) is 63.6 Å². The smallest absolute Gasteiger partial charge is 0.194 e. The van der Waals surface area contributed by atoms with Crippen LogP contribution < -0.4 is 0 Å². The Bertz CT molecular complexity index is 1390. The molecule has 0 amide bonds. The summed E-state index contributed by atoms with van der Waals surface area (Å²) in [6, 6.07) is 38.1. The van der Waals surface area contributed by atoms with E-state index in [1.165, 1.54) is 73.3 Å². The van der Waals surface area contributed by atoms with E-state index in [0.717, 1.165) is 29.5 Å². The number of ketones is 2. The van der Waals surface area contributed by atoms with Gasteiger partial charge in [0.1, 0.15) is 12.2 Å². The number of benzene rings is 4. The molecule has 4 nitrogen and oxygen atoms in total. The van der Waals surface area contributed by atoms with E-state index in [1.54, 1.807) is 0 Å². The fourth-order valence-electron chi connectivity index (χ4n) is 6.43. The Kier molecular flexibility index (Phi) is 16.5. The minimum absolute atomic E-state index is 0.206. The third kappa shape index (κ3) is 11.8. The number of rotatable bonds is 23. The van der Waals surface area contributed by atoms with Gasteiger partial charge in [-0.15, -0.1) is 0 Å². The third-order valence-electron chi connectivity index (χ3n) is 9.11. The summed E-state index contributed by atoms with van der Waals surface area (Å²) in [6.07, 6.45) is 13.9. The maximum atomic E-state index is 13.1. The first kappa shape index (κ1) is 37.7. The van der Waals surface area contributed by atoms with Gasteiger partial charge in [-0.2, -0.15) is 0 Å². The van der Waals surface area contributed by atoms with E-state index in [0.29, 0.717) is 6.42 Å². The molecule has 0 heterocycles. The molecular weight excluding hydrogens is 707 g/mol. The number of Topliss-reactive ketones (excluding diaryl/α,β-unsaturated/α-hetero) is 2. The van der Waals surface area contributed by atoms with Crippen LogP contribution in [0.3, 0.4) is 0 Å². The zero-order chi connectivity index (χ0) is 33.9. The molecule has 0 bridgehead atoms. The van der Waals surface area contributed by atoms with Gasteiger partial charge in [0.25, 0.3) is 0 Å². The summed E-state index contributed by atoms with van der Waals surface area (Å²) in [5.74, 6) is -1.04. The summed E-state index contributed by atoms with van der Waals surface area (Å²) in [4.78, 5) is 25.9. The number of halogens is 1. The Morgan fingerprint density at radius 3 is 1.46 bits per heavy atom. The van der Waals surface area contributed by atoms with E-state index < -0.39 is 29.9 Å². The molecule has 48 heavy (non-hydrogen) atoms. The predicted molar refractivity (Wildman–Crippen MR) is 204 cm³/mol. The van der Waals surface area contributed by atoms with Crippen LogP contribution in [0.25, 0.3) is 0 Å². The van der Waals surface area contributed by atoms with Gasteiger partial charge in [-0.25, -0.2) is 0 Å². The Balaban J connectivity index is 1.12. The number of carbonyl (C=O) groups is 2. The van der Waals surface area contributed by atoms with Crippen LogP contribution >= 0.6 is 22.6 Å². The van der Waals surface area contributed by atoms with Crippen LogP contribution in [0, 0.1) is 3.57 Å². The Labute approximate surface area is 301 Å². The van der Waals surface area contributed by atoms with Gasteiger partial charge >= 0.3 is 0 Å². The molecule has 254 valence electrons. The van der Waals surface area contributed by atoms with E-state index in [-0.39, 0.29) is 6.42 Å². The first-order chi connectivity index (χ1) is 23.5. The molecule has 1 unspecified atom stereocenters. The number of ether oxygens (including phenoxy) is 1. The number of aliphatic hydroxyl groups excluding tert-OH is 1. The maximum Gasteiger partial charge on any atom is 0.194 e. The van der Waals surface area contributed by atoms with E-state index in [1.807, 2.05) is 91.0 Å². The van der Waals surface area contributed by atoms with Gasteiger partial charge in [0, 0.05) is 9.99 Å². The van der Waals surface area contributed by atoms with Crippen molar-refractivity contribution >= 4 is 34.2 Å². The highest BCUT2D eigenvalue weighted by Gasteiger charge is 2.39. The fourth-order valence-corrected chi connectivity index (χ4v) is 7.04. The number of unbranched alkanes of at least 4 members (excludes halogenated alkanes) is 11. The molecule has 0 spiro atoms. The van der Waals surface area contributed by atoms with Crippen LogP contribution in [0.5, 0.6) is 0 Å². The second-order valence-corrected chi connectivity index (χ2v) is 14.0. The second-order valence-electron chi connectivity index (χ2n) is 12.8. The minimum atomic E-state index is -1.67.